The van der Waals surface area contributed by atoms with Gasteiger partial charge in [0, 0.05) is 44.6 Å². The molecule has 0 saturated carbocycles. The number of carbonyl (C=O) groups is 1. The number of benzene rings is 2. The lowest BCUT2D eigenvalue weighted by Crippen LogP contribution is -2.46. The van der Waals surface area contributed by atoms with Gasteiger partial charge in [-0.15, -0.1) is 0 Å². The van der Waals surface area contributed by atoms with E-state index in [2.05, 4.69) is 70.5 Å². The number of likely N-dealkylation sites (tertiary alicyclic amines) is 2. The first-order valence-electron chi connectivity index (χ1n) is 11.9. The van der Waals surface area contributed by atoms with E-state index in [-0.39, 0.29) is 27.0 Å². The first-order chi connectivity index (χ1) is 14.8. The maximum Gasteiger partial charge on any atom is 0.132 e. The van der Waals surface area contributed by atoms with Crippen LogP contribution in [0.4, 0.5) is 0 Å². The van der Waals surface area contributed by atoms with Crippen LogP contribution in [0.2, 0.25) is 0 Å². The maximum atomic E-state index is 12.2. The van der Waals surface area contributed by atoms with Crippen LogP contribution in [0.1, 0.15) is 56.1 Å². The van der Waals surface area contributed by atoms with Gasteiger partial charge in [-0.25, -0.2) is 0 Å². The summed E-state index contributed by atoms with van der Waals surface area (Å²) in [4.78, 5) is 17.5. The molecule has 2 fully saturated rings. The summed E-state index contributed by atoms with van der Waals surface area (Å²) in [5, 5.41) is 0. The number of nitrogens with zero attached hydrogens (tertiary/aromatic N) is 2. The third-order valence-electron chi connectivity index (χ3n) is 6.86. The topological polar surface area (TPSA) is 23.6 Å². The molecular weight excluding hydrogens is 432 g/mol. The standard InChI is InChI=1S/C27H36N2O.2H2S/c30-27(16-8-7-13-23-11-3-1-4-12-23)17-9-10-18-28-21-26-19-25(28)22-29(26)20-24-14-5-2-6-15-24;;/h1-6,11-12,14-15,25-26H,7-10,13,16-22H2;2*1H2. The number of ketones is 1. The van der Waals surface area contributed by atoms with Gasteiger partial charge in [0.2, 0.25) is 0 Å². The molecule has 2 aliphatic rings. The quantitative estimate of drug-likeness (QED) is 0.391. The van der Waals surface area contributed by atoms with E-state index >= 15 is 0 Å². The number of aryl methyl sites for hydroxylation is 1. The first-order valence-corrected chi connectivity index (χ1v) is 11.9. The number of carbonyl (C=O) groups excluding carboxylic acids is 1. The summed E-state index contributed by atoms with van der Waals surface area (Å²) in [6, 6.07) is 22.9. The number of unbranched alkanes of at least 4 members (excludes halogenated alkanes) is 2. The number of rotatable bonds is 12. The molecule has 2 saturated heterocycles. The van der Waals surface area contributed by atoms with Gasteiger partial charge in [-0.1, -0.05) is 60.7 Å². The van der Waals surface area contributed by atoms with Crippen LogP contribution in [-0.4, -0.2) is 47.3 Å². The molecular formula is C27H40N2OS2. The Morgan fingerprint density at radius 2 is 1.28 bits per heavy atom. The van der Waals surface area contributed by atoms with Crippen molar-refractivity contribution in [2.24, 2.45) is 0 Å². The largest absolute Gasteiger partial charge is 0.300 e. The van der Waals surface area contributed by atoms with E-state index < -0.39 is 0 Å². The van der Waals surface area contributed by atoms with Gasteiger partial charge in [0.1, 0.15) is 5.78 Å². The highest BCUT2D eigenvalue weighted by atomic mass is 32.1. The minimum absolute atomic E-state index is 0. The molecule has 4 rings (SSSR count). The minimum Gasteiger partial charge on any atom is -0.300 e. The molecule has 2 aromatic rings. The van der Waals surface area contributed by atoms with Gasteiger partial charge < -0.3 is 0 Å². The Morgan fingerprint density at radius 1 is 0.719 bits per heavy atom. The summed E-state index contributed by atoms with van der Waals surface area (Å²) in [6.07, 6.45) is 8.31. The summed E-state index contributed by atoms with van der Waals surface area (Å²) in [7, 11) is 0. The zero-order valence-corrected chi connectivity index (χ0v) is 21.2. The van der Waals surface area contributed by atoms with Gasteiger partial charge in [-0.05, 0) is 56.2 Å². The summed E-state index contributed by atoms with van der Waals surface area (Å²) in [5.74, 6) is 0.458. The molecule has 5 heteroatoms. The van der Waals surface area contributed by atoms with Crippen LogP contribution in [0.25, 0.3) is 0 Å². The van der Waals surface area contributed by atoms with E-state index in [1.807, 2.05) is 0 Å². The summed E-state index contributed by atoms with van der Waals surface area (Å²) < 4.78 is 0. The highest BCUT2D eigenvalue weighted by molar-refractivity contribution is 7.59. The van der Waals surface area contributed by atoms with Crippen LogP contribution >= 0.6 is 27.0 Å². The molecule has 0 aliphatic carbocycles. The Kier molecular flexibility index (Phi) is 11.9. The lowest BCUT2D eigenvalue weighted by molar-refractivity contribution is -0.119. The second-order valence-corrected chi connectivity index (χ2v) is 9.14. The molecule has 3 nitrogen and oxygen atoms in total. The van der Waals surface area contributed by atoms with Crippen LogP contribution in [-0.2, 0) is 17.8 Å². The molecule has 0 spiro atoms. The first kappa shape index (κ1) is 27.0. The van der Waals surface area contributed by atoms with Crippen molar-refractivity contribution in [1.82, 2.24) is 9.80 Å². The van der Waals surface area contributed by atoms with E-state index in [4.69, 9.17) is 0 Å². The van der Waals surface area contributed by atoms with Crippen molar-refractivity contribution >= 4 is 32.8 Å². The number of hydrogen-bond acceptors (Lipinski definition) is 3. The lowest BCUT2D eigenvalue weighted by Gasteiger charge is -2.34. The smallest absolute Gasteiger partial charge is 0.132 e. The highest BCUT2D eigenvalue weighted by Gasteiger charge is 2.42. The molecule has 2 heterocycles. The van der Waals surface area contributed by atoms with Crippen molar-refractivity contribution in [3.8, 4) is 0 Å². The van der Waals surface area contributed by atoms with E-state index in [1.54, 1.807) is 0 Å². The van der Waals surface area contributed by atoms with Gasteiger partial charge in [-0.2, -0.15) is 27.0 Å². The predicted molar refractivity (Wildman–Crippen MR) is 144 cm³/mol. The Morgan fingerprint density at radius 3 is 1.91 bits per heavy atom. The summed E-state index contributed by atoms with van der Waals surface area (Å²) in [6.45, 7) is 4.68. The molecule has 2 atom stereocenters. The Balaban J connectivity index is 0.00000181. The van der Waals surface area contributed by atoms with Crippen molar-refractivity contribution in [3.05, 3.63) is 71.8 Å². The van der Waals surface area contributed by atoms with Crippen molar-refractivity contribution in [2.45, 2.75) is 70.0 Å². The van der Waals surface area contributed by atoms with E-state index in [0.29, 0.717) is 5.78 Å². The molecule has 0 N–H and O–H groups in total. The van der Waals surface area contributed by atoms with E-state index in [1.165, 1.54) is 37.2 Å². The van der Waals surface area contributed by atoms with Crippen LogP contribution in [0.3, 0.4) is 0 Å². The average Bonchev–Trinajstić information content (AvgIpc) is 3.36. The van der Waals surface area contributed by atoms with E-state index in [0.717, 1.165) is 63.6 Å². The molecule has 2 aromatic carbocycles. The minimum atomic E-state index is 0. The van der Waals surface area contributed by atoms with E-state index in [9.17, 15) is 4.79 Å². The normalized spacial score (nSPS) is 20.0. The van der Waals surface area contributed by atoms with Crippen LogP contribution in [0.5, 0.6) is 0 Å². The van der Waals surface area contributed by atoms with Crippen molar-refractivity contribution in [3.63, 3.8) is 0 Å². The van der Waals surface area contributed by atoms with Crippen molar-refractivity contribution < 1.29 is 4.79 Å². The van der Waals surface area contributed by atoms with Crippen molar-refractivity contribution in [2.75, 3.05) is 19.6 Å². The van der Waals surface area contributed by atoms with Gasteiger partial charge in [0.05, 0.1) is 0 Å². The average molecular weight is 473 g/mol. The molecule has 32 heavy (non-hydrogen) atoms. The fourth-order valence-corrected chi connectivity index (χ4v) is 5.18. The second-order valence-electron chi connectivity index (χ2n) is 9.14. The van der Waals surface area contributed by atoms with Crippen molar-refractivity contribution in [1.29, 1.82) is 0 Å². The van der Waals surface area contributed by atoms with Crippen LogP contribution in [0.15, 0.2) is 60.7 Å². The molecule has 2 bridgehead atoms. The fourth-order valence-electron chi connectivity index (χ4n) is 5.18. The Hall–Kier alpha value is -1.27. The number of fused-ring (bicyclic) bond motifs is 2. The molecule has 0 radical (unpaired) electrons. The third kappa shape index (κ3) is 7.95. The third-order valence-corrected chi connectivity index (χ3v) is 6.86. The molecule has 2 unspecified atom stereocenters. The molecule has 2 aliphatic heterocycles. The monoisotopic (exact) mass is 472 g/mol. The SMILES string of the molecule is O=C(CCCCc1ccccc1)CCCCN1CC2CC1CN2Cc1ccccc1.S.S. The van der Waals surface area contributed by atoms with Crippen LogP contribution < -0.4 is 0 Å². The van der Waals surface area contributed by atoms with Gasteiger partial charge in [-0.3, -0.25) is 14.6 Å². The summed E-state index contributed by atoms with van der Waals surface area (Å²) >= 11 is 0. The predicted octanol–water partition coefficient (Wildman–Crippen LogP) is 5.32. The second kappa shape index (κ2) is 14.1. The van der Waals surface area contributed by atoms with Crippen LogP contribution in [0, 0.1) is 0 Å². The summed E-state index contributed by atoms with van der Waals surface area (Å²) in [5.41, 5.74) is 2.81. The zero-order chi connectivity index (χ0) is 20.6. The fraction of sp³-hybridized carbons (Fsp3) is 0.519. The number of Topliss-reactive ketones (excluding diaryl/α,β-unsaturated/α-hetero) is 1. The van der Waals surface area contributed by atoms with Gasteiger partial charge in [0.25, 0.3) is 0 Å². The molecule has 176 valence electrons. The maximum absolute atomic E-state index is 12.2. The lowest BCUT2D eigenvalue weighted by atomic mass is 10.0. The Labute approximate surface area is 208 Å². The van der Waals surface area contributed by atoms with Gasteiger partial charge >= 0.3 is 0 Å². The molecule has 0 amide bonds. The van der Waals surface area contributed by atoms with Gasteiger partial charge in [0.15, 0.2) is 0 Å². The number of hydrogen-bond donors (Lipinski definition) is 0. The highest BCUT2D eigenvalue weighted by Crippen LogP contribution is 2.32. The Bertz CT molecular complexity index is 787. The molecule has 0 aromatic heterocycles. The zero-order valence-electron chi connectivity index (χ0n) is 19.2. The number of piperazine rings is 1.